The molecule has 2 unspecified atom stereocenters. The molecule has 6 heteroatoms. The third-order valence-electron chi connectivity index (χ3n) is 4.39. The van der Waals surface area contributed by atoms with E-state index in [2.05, 4.69) is 36.9 Å². The first kappa shape index (κ1) is 15.6. The van der Waals surface area contributed by atoms with E-state index in [0.29, 0.717) is 19.0 Å². The minimum atomic E-state index is 0.129. The minimum Gasteiger partial charge on any atom is -0.454 e. The summed E-state index contributed by atoms with van der Waals surface area (Å²) in [4.78, 5) is 11.4. The van der Waals surface area contributed by atoms with Crippen LogP contribution in [0.1, 0.15) is 25.8 Å². The zero-order valence-electron chi connectivity index (χ0n) is 14.0. The van der Waals surface area contributed by atoms with E-state index >= 15 is 0 Å². The molecule has 2 atom stereocenters. The number of likely N-dealkylation sites (N-methyl/N-ethyl adjacent to an activating group) is 1. The van der Waals surface area contributed by atoms with Gasteiger partial charge in [-0.15, -0.1) is 0 Å². The van der Waals surface area contributed by atoms with Crippen LogP contribution in [0.2, 0.25) is 0 Å². The Bertz CT molecular complexity index is 641. The van der Waals surface area contributed by atoms with Crippen molar-refractivity contribution >= 4 is 11.7 Å². The van der Waals surface area contributed by atoms with Crippen LogP contribution in [0.5, 0.6) is 11.5 Å². The van der Waals surface area contributed by atoms with Gasteiger partial charge >= 0.3 is 0 Å². The molecule has 0 radical (unpaired) electrons. The number of rotatable bonds is 3. The number of ether oxygens (including phenoxy) is 2. The highest BCUT2D eigenvalue weighted by Crippen LogP contribution is 2.35. The molecule has 124 valence electrons. The summed E-state index contributed by atoms with van der Waals surface area (Å²) in [6, 6.07) is 6.29. The SMILES string of the molecule is CC1N=C(N)CC(N(C)CCc2cccc3c2OCO3)=NC1C. The van der Waals surface area contributed by atoms with Gasteiger partial charge in [0, 0.05) is 13.6 Å². The van der Waals surface area contributed by atoms with Crippen molar-refractivity contribution in [1.29, 1.82) is 0 Å². The molecule has 0 amide bonds. The number of aliphatic imine (C=N–C) groups is 2. The second kappa shape index (κ2) is 6.48. The molecule has 2 heterocycles. The summed E-state index contributed by atoms with van der Waals surface area (Å²) in [6.07, 6.45) is 1.47. The Labute approximate surface area is 137 Å². The number of hydrogen-bond acceptors (Lipinski definition) is 6. The maximum Gasteiger partial charge on any atom is 0.231 e. The average Bonchev–Trinajstić information content (AvgIpc) is 2.95. The molecule has 2 aliphatic rings. The van der Waals surface area contributed by atoms with E-state index in [9.17, 15) is 0 Å². The lowest BCUT2D eigenvalue weighted by Crippen LogP contribution is -2.32. The molecule has 0 saturated carbocycles. The van der Waals surface area contributed by atoms with Gasteiger partial charge in [0.05, 0.1) is 18.5 Å². The molecule has 23 heavy (non-hydrogen) atoms. The van der Waals surface area contributed by atoms with Crippen molar-refractivity contribution in [3.8, 4) is 11.5 Å². The second-order valence-electron chi connectivity index (χ2n) is 6.15. The maximum atomic E-state index is 6.00. The summed E-state index contributed by atoms with van der Waals surface area (Å²) in [7, 11) is 2.05. The Kier molecular flexibility index (Phi) is 4.41. The van der Waals surface area contributed by atoms with Crippen molar-refractivity contribution in [2.45, 2.75) is 38.8 Å². The van der Waals surface area contributed by atoms with E-state index in [4.69, 9.17) is 20.2 Å². The summed E-state index contributed by atoms with van der Waals surface area (Å²) in [5.74, 6) is 3.35. The monoisotopic (exact) mass is 316 g/mol. The van der Waals surface area contributed by atoms with Crippen LogP contribution < -0.4 is 15.2 Å². The first-order valence-corrected chi connectivity index (χ1v) is 8.02. The molecule has 0 bridgehead atoms. The van der Waals surface area contributed by atoms with Gasteiger partial charge in [-0.05, 0) is 31.9 Å². The van der Waals surface area contributed by atoms with Crippen LogP contribution in [0.3, 0.4) is 0 Å². The van der Waals surface area contributed by atoms with E-state index in [1.807, 2.05) is 12.1 Å². The zero-order valence-corrected chi connectivity index (χ0v) is 14.0. The van der Waals surface area contributed by atoms with Crippen LogP contribution in [0.25, 0.3) is 0 Å². The van der Waals surface area contributed by atoms with E-state index in [0.717, 1.165) is 35.9 Å². The van der Waals surface area contributed by atoms with Crippen LogP contribution in [-0.4, -0.2) is 49.0 Å². The fourth-order valence-corrected chi connectivity index (χ4v) is 2.80. The number of benzene rings is 1. The Morgan fingerprint density at radius 1 is 1.22 bits per heavy atom. The fourth-order valence-electron chi connectivity index (χ4n) is 2.80. The molecule has 1 aromatic rings. The molecular formula is C17H24N4O2. The third kappa shape index (κ3) is 3.41. The van der Waals surface area contributed by atoms with Crippen molar-refractivity contribution < 1.29 is 9.47 Å². The van der Waals surface area contributed by atoms with Gasteiger partial charge in [0.2, 0.25) is 6.79 Å². The summed E-state index contributed by atoms with van der Waals surface area (Å²) in [5.41, 5.74) is 7.16. The van der Waals surface area contributed by atoms with Crippen LogP contribution in [0.4, 0.5) is 0 Å². The zero-order chi connectivity index (χ0) is 16.4. The van der Waals surface area contributed by atoms with E-state index in [1.165, 1.54) is 0 Å². The third-order valence-corrected chi connectivity index (χ3v) is 4.39. The molecule has 3 rings (SSSR count). The Morgan fingerprint density at radius 2 is 2.00 bits per heavy atom. The van der Waals surface area contributed by atoms with Crippen LogP contribution in [-0.2, 0) is 6.42 Å². The van der Waals surface area contributed by atoms with Gasteiger partial charge in [-0.1, -0.05) is 12.1 Å². The van der Waals surface area contributed by atoms with Crippen LogP contribution >= 0.6 is 0 Å². The second-order valence-corrected chi connectivity index (χ2v) is 6.15. The van der Waals surface area contributed by atoms with Crippen molar-refractivity contribution in [3.63, 3.8) is 0 Å². The largest absolute Gasteiger partial charge is 0.454 e. The molecule has 2 aliphatic heterocycles. The number of hydrogen-bond donors (Lipinski definition) is 1. The fraction of sp³-hybridized carbons (Fsp3) is 0.529. The van der Waals surface area contributed by atoms with E-state index in [1.54, 1.807) is 0 Å². The molecule has 1 aromatic carbocycles. The predicted molar refractivity (Wildman–Crippen MR) is 91.5 cm³/mol. The summed E-state index contributed by atoms with van der Waals surface area (Å²) in [5, 5.41) is 0. The van der Waals surface area contributed by atoms with Crippen LogP contribution in [0, 0.1) is 0 Å². The summed E-state index contributed by atoms with van der Waals surface area (Å²) in [6.45, 7) is 5.27. The Hall–Kier alpha value is -2.24. The number of nitrogens with zero attached hydrogens (tertiary/aromatic N) is 3. The molecule has 0 aromatic heterocycles. The van der Waals surface area contributed by atoms with Gasteiger partial charge in [-0.2, -0.15) is 0 Å². The van der Waals surface area contributed by atoms with Gasteiger partial charge in [0.1, 0.15) is 11.7 Å². The Morgan fingerprint density at radius 3 is 2.83 bits per heavy atom. The number of fused-ring (bicyclic) bond motifs is 1. The highest BCUT2D eigenvalue weighted by molar-refractivity contribution is 6.02. The lowest BCUT2D eigenvalue weighted by Gasteiger charge is -2.22. The average molecular weight is 316 g/mol. The van der Waals surface area contributed by atoms with E-state index < -0.39 is 0 Å². The molecule has 6 nitrogen and oxygen atoms in total. The smallest absolute Gasteiger partial charge is 0.231 e. The minimum absolute atomic E-state index is 0.129. The maximum absolute atomic E-state index is 6.00. The van der Waals surface area contributed by atoms with Crippen molar-refractivity contribution in [3.05, 3.63) is 23.8 Å². The lowest BCUT2D eigenvalue weighted by atomic mass is 10.1. The van der Waals surface area contributed by atoms with Gasteiger partial charge in [-0.3, -0.25) is 9.98 Å². The van der Waals surface area contributed by atoms with Gasteiger partial charge in [0.25, 0.3) is 0 Å². The number of amidine groups is 2. The van der Waals surface area contributed by atoms with Crippen molar-refractivity contribution in [2.24, 2.45) is 15.7 Å². The molecule has 0 aliphatic carbocycles. The standard InChI is InChI=1S/C17H24N4O2/c1-11-12(2)20-16(9-15(18)19-11)21(3)8-7-13-5-4-6-14-17(13)23-10-22-14/h4-6,11-12H,7-10H2,1-3H3,(H2,18,19). The number of nitrogens with two attached hydrogens (primary N) is 1. The van der Waals surface area contributed by atoms with Gasteiger partial charge in [0.15, 0.2) is 11.5 Å². The van der Waals surface area contributed by atoms with Crippen molar-refractivity contribution in [1.82, 2.24) is 4.90 Å². The highest BCUT2D eigenvalue weighted by Gasteiger charge is 2.21. The van der Waals surface area contributed by atoms with Crippen LogP contribution in [0.15, 0.2) is 28.2 Å². The molecule has 2 N–H and O–H groups in total. The highest BCUT2D eigenvalue weighted by atomic mass is 16.7. The quantitative estimate of drug-likeness (QED) is 0.923. The van der Waals surface area contributed by atoms with Crippen molar-refractivity contribution in [2.75, 3.05) is 20.4 Å². The topological polar surface area (TPSA) is 72.4 Å². The summed E-state index contributed by atoms with van der Waals surface area (Å²) < 4.78 is 11.0. The van der Waals surface area contributed by atoms with Gasteiger partial charge < -0.3 is 20.1 Å². The molecular weight excluding hydrogens is 292 g/mol. The lowest BCUT2D eigenvalue weighted by molar-refractivity contribution is 0.173. The van der Waals surface area contributed by atoms with E-state index in [-0.39, 0.29) is 12.1 Å². The molecule has 0 saturated heterocycles. The normalized spacial score (nSPS) is 23.1. The first-order chi connectivity index (χ1) is 11.0. The Balaban J connectivity index is 1.68. The summed E-state index contributed by atoms with van der Waals surface area (Å²) >= 11 is 0. The first-order valence-electron chi connectivity index (χ1n) is 8.02. The number of para-hydroxylation sites is 1. The van der Waals surface area contributed by atoms with Gasteiger partial charge in [-0.25, -0.2) is 0 Å². The predicted octanol–water partition coefficient (Wildman–Crippen LogP) is 1.83. The molecule has 0 fully saturated rings. The molecule has 0 spiro atoms.